The lowest BCUT2D eigenvalue weighted by molar-refractivity contribution is 0.277. The SMILES string of the molecule is Cc1ncc(CN2CCCCCC2)c(-c2ccccn2)c1C. The van der Waals surface area contributed by atoms with E-state index in [-0.39, 0.29) is 0 Å². The van der Waals surface area contributed by atoms with E-state index >= 15 is 0 Å². The van der Waals surface area contributed by atoms with Crippen molar-refractivity contribution >= 4 is 0 Å². The highest BCUT2D eigenvalue weighted by molar-refractivity contribution is 5.67. The van der Waals surface area contributed by atoms with E-state index in [4.69, 9.17) is 0 Å². The van der Waals surface area contributed by atoms with Gasteiger partial charge in [0.25, 0.3) is 0 Å². The van der Waals surface area contributed by atoms with E-state index in [1.165, 1.54) is 55.5 Å². The minimum absolute atomic E-state index is 0.986. The predicted molar refractivity (Wildman–Crippen MR) is 90.7 cm³/mol. The number of pyridine rings is 2. The lowest BCUT2D eigenvalue weighted by atomic mass is 9.98. The van der Waals surface area contributed by atoms with Gasteiger partial charge in [-0.15, -0.1) is 0 Å². The maximum atomic E-state index is 4.60. The van der Waals surface area contributed by atoms with Gasteiger partial charge in [0.05, 0.1) is 5.69 Å². The first kappa shape index (κ1) is 15.2. The van der Waals surface area contributed by atoms with Crippen molar-refractivity contribution in [3.05, 3.63) is 47.4 Å². The largest absolute Gasteiger partial charge is 0.299 e. The molecule has 0 atom stereocenters. The Hall–Kier alpha value is -1.74. The number of aromatic nitrogens is 2. The monoisotopic (exact) mass is 295 g/mol. The summed E-state index contributed by atoms with van der Waals surface area (Å²) in [6, 6.07) is 6.14. The van der Waals surface area contributed by atoms with Crippen molar-refractivity contribution in [1.29, 1.82) is 0 Å². The molecule has 0 spiro atoms. The van der Waals surface area contributed by atoms with E-state index in [0.29, 0.717) is 0 Å². The fourth-order valence-electron chi connectivity index (χ4n) is 3.28. The molecule has 1 aliphatic heterocycles. The van der Waals surface area contributed by atoms with E-state index in [1.54, 1.807) is 0 Å². The first-order chi connectivity index (χ1) is 10.8. The lowest BCUT2D eigenvalue weighted by Gasteiger charge is -2.22. The van der Waals surface area contributed by atoms with Gasteiger partial charge in [-0.25, -0.2) is 0 Å². The number of nitrogens with zero attached hydrogens (tertiary/aromatic N) is 3. The van der Waals surface area contributed by atoms with Gasteiger partial charge in [-0.1, -0.05) is 18.9 Å². The van der Waals surface area contributed by atoms with Gasteiger partial charge in [0, 0.05) is 30.2 Å². The van der Waals surface area contributed by atoms with Crippen molar-refractivity contribution in [2.24, 2.45) is 0 Å². The maximum absolute atomic E-state index is 4.60. The van der Waals surface area contributed by atoms with E-state index in [9.17, 15) is 0 Å². The minimum atomic E-state index is 0.986. The van der Waals surface area contributed by atoms with Crippen LogP contribution in [-0.4, -0.2) is 28.0 Å². The van der Waals surface area contributed by atoms with Crippen LogP contribution < -0.4 is 0 Å². The first-order valence-electron chi connectivity index (χ1n) is 8.34. The molecule has 0 bridgehead atoms. The molecule has 3 rings (SSSR count). The van der Waals surface area contributed by atoms with Crippen LogP contribution in [0.4, 0.5) is 0 Å². The summed E-state index contributed by atoms with van der Waals surface area (Å²) in [6.45, 7) is 7.64. The minimum Gasteiger partial charge on any atom is -0.299 e. The van der Waals surface area contributed by atoms with Gasteiger partial charge in [0.1, 0.15) is 0 Å². The first-order valence-corrected chi connectivity index (χ1v) is 8.34. The van der Waals surface area contributed by atoms with Crippen LogP contribution in [0.2, 0.25) is 0 Å². The molecule has 0 amide bonds. The fraction of sp³-hybridized carbons (Fsp3) is 0.474. The average molecular weight is 295 g/mol. The third kappa shape index (κ3) is 3.36. The Morgan fingerprint density at radius 1 is 1.00 bits per heavy atom. The predicted octanol–water partition coefficient (Wildman–Crippen LogP) is 4.14. The standard InChI is InChI=1S/C19H25N3/c1-15-16(2)21-13-17(14-22-11-7-3-4-8-12-22)19(15)18-9-5-6-10-20-18/h5-6,9-10,13H,3-4,7-8,11-12,14H2,1-2H3. The van der Waals surface area contributed by atoms with Crippen molar-refractivity contribution in [2.75, 3.05) is 13.1 Å². The van der Waals surface area contributed by atoms with Crippen molar-refractivity contribution in [2.45, 2.75) is 46.1 Å². The Kier molecular flexibility index (Phi) is 4.84. The molecule has 3 heterocycles. The summed E-state index contributed by atoms with van der Waals surface area (Å²) in [4.78, 5) is 11.8. The molecule has 0 N–H and O–H groups in total. The lowest BCUT2D eigenvalue weighted by Crippen LogP contribution is -2.24. The average Bonchev–Trinajstić information content (AvgIpc) is 2.81. The molecule has 0 unspecified atom stereocenters. The smallest absolute Gasteiger partial charge is 0.0709 e. The topological polar surface area (TPSA) is 29.0 Å². The molecule has 0 radical (unpaired) electrons. The van der Waals surface area contributed by atoms with Crippen molar-refractivity contribution in [1.82, 2.24) is 14.9 Å². The summed E-state index contributed by atoms with van der Waals surface area (Å²) in [7, 11) is 0. The summed E-state index contributed by atoms with van der Waals surface area (Å²) < 4.78 is 0. The van der Waals surface area contributed by atoms with Crippen LogP contribution in [0.5, 0.6) is 0 Å². The Balaban J connectivity index is 1.95. The quantitative estimate of drug-likeness (QED) is 0.852. The highest BCUT2D eigenvalue weighted by atomic mass is 15.1. The van der Waals surface area contributed by atoms with Crippen molar-refractivity contribution in [3.63, 3.8) is 0 Å². The summed E-state index contributed by atoms with van der Waals surface area (Å²) >= 11 is 0. The van der Waals surface area contributed by atoms with Gasteiger partial charge in [0.15, 0.2) is 0 Å². The van der Waals surface area contributed by atoms with E-state index < -0.39 is 0 Å². The fourth-order valence-corrected chi connectivity index (χ4v) is 3.28. The van der Waals surface area contributed by atoms with Crippen LogP contribution in [0.15, 0.2) is 30.6 Å². The molecule has 3 heteroatoms. The molecule has 2 aromatic rings. The van der Waals surface area contributed by atoms with Crippen LogP contribution in [-0.2, 0) is 6.54 Å². The van der Waals surface area contributed by atoms with Gasteiger partial charge in [-0.05, 0) is 63.0 Å². The van der Waals surface area contributed by atoms with Gasteiger partial charge < -0.3 is 0 Å². The number of rotatable bonds is 3. The number of hydrogen-bond acceptors (Lipinski definition) is 3. The molecule has 22 heavy (non-hydrogen) atoms. The zero-order valence-electron chi connectivity index (χ0n) is 13.7. The molecule has 1 saturated heterocycles. The molecule has 3 nitrogen and oxygen atoms in total. The normalized spacial score (nSPS) is 16.5. The van der Waals surface area contributed by atoms with Crippen LogP contribution in [0.25, 0.3) is 11.3 Å². The molecule has 0 aromatic carbocycles. The Labute approximate surface area is 133 Å². The zero-order valence-corrected chi connectivity index (χ0v) is 13.7. The summed E-state index contributed by atoms with van der Waals surface area (Å²) in [6.07, 6.45) is 9.30. The van der Waals surface area contributed by atoms with Crippen molar-refractivity contribution < 1.29 is 0 Å². The van der Waals surface area contributed by atoms with Gasteiger partial charge in [-0.2, -0.15) is 0 Å². The number of hydrogen-bond donors (Lipinski definition) is 0. The Morgan fingerprint density at radius 3 is 2.45 bits per heavy atom. The second kappa shape index (κ2) is 7.01. The van der Waals surface area contributed by atoms with E-state index in [2.05, 4.69) is 47.0 Å². The Bertz CT molecular complexity index is 614. The van der Waals surface area contributed by atoms with E-state index in [0.717, 1.165) is 17.9 Å². The van der Waals surface area contributed by atoms with Gasteiger partial charge >= 0.3 is 0 Å². The van der Waals surface area contributed by atoms with Crippen LogP contribution in [0, 0.1) is 13.8 Å². The molecular formula is C19H25N3. The number of likely N-dealkylation sites (tertiary alicyclic amines) is 1. The summed E-state index contributed by atoms with van der Waals surface area (Å²) in [5.41, 5.74) is 6.00. The molecule has 1 fully saturated rings. The highest BCUT2D eigenvalue weighted by Gasteiger charge is 2.16. The summed E-state index contributed by atoms with van der Waals surface area (Å²) in [5.74, 6) is 0. The van der Waals surface area contributed by atoms with Gasteiger partial charge in [0.2, 0.25) is 0 Å². The molecule has 116 valence electrons. The third-order valence-electron chi connectivity index (χ3n) is 4.67. The molecular weight excluding hydrogens is 270 g/mol. The molecule has 2 aromatic heterocycles. The zero-order chi connectivity index (χ0) is 15.4. The van der Waals surface area contributed by atoms with E-state index in [1.807, 2.05) is 12.3 Å². The summed E-state index contributed by atoms with van der Waals surface area (Å²) in [5, 5.41) is 0. The molecule has 0 aliphatic carbocycles. The highest BCUT2D eigenvalue weighted by Crippen LogP contribution is 2.28. The molecule has 1 aliphatic rings. The van der Waals surface area contributed by atoms with Gasteiger partial charge in [-0.3, -0.25) is 14.9 Å². The molecule has 0 saturated carbocycles. The van der Waals surface area contributed by atoms with Crippen LogP contribution in [0.1, 0.15) is 42.5 Å². The number of aryl methyl sites for hydroxylation is 1. The third-order valence-corrected chi connectivity index (χ3v) is 4.67. The second-order valence-corrected chi connectivity index (χ2v) is 6.27. The Morgan fingerprint density at radius 2 is 1.77 bits per heavy atom. The second-order valence-electron chi connectivity index (χ2n) is 6.27. The maximum Gasteiger partial charge on any atom is 0.0709 e. The van der Waals surface area contributed by atoms with Crippen LogP contribution in [0.3, 0.4) is 0 Å². The van der Waals surface area contributed by atoms with Crippen LogP contribution >= 0.6 is 0 Å². The van der Waals surface area contributed by atoms with Crippen molar-refractivity contribution in [3.8, 4) is 11.3 Å².